The highest BCUT2D eigenvalue weighted by Gasteiger charge is 2.37. The Hall–Kier alpha value is -2.28. The number of benzene rings is 1. The highest BCUT2D eigenvalue weighted by molar-refractivity contribution is 6.03. The number of aliphatic imine (C=N–C) groups is 1. The van der Waals surface area contributed by atoms with Crippen LogP contribution in [0, 0.1) is 18.3 Å². The van der Waals surface area contributed by atoms with Crippen molar-refractivity contribution in [2.24, 2.45) is 16.6 Å². The maximum Gasteiger partial charge on any atom is 0.347 e. The summed E-state index contributed by atoms with van der Waals surface area (Å²) in [6, 6.07) is 7.07. The second-order valence-electron chi connectivity index (χ2n) is 5.81. The van der Waals surface area contributed by atoms with E-state index >= 15 is 0 Å². The lowest BCUT2D eigenvalue weighted by molar-refractivity contribution is 0.199. The van der Waals surface area contributed by atoms with Crippen LogP contribution in [0.3, 0.4) is 0 Å². The van der Waals surface area contributed by atoms with Crippen LogP contribution in [0.5, 0.6) is 0 Å². The van der Waals surface area contributed by atoms with Crippen LogP contribution >= 0.6 is 0 Å². The minimum atomic E-state index is -0.366. The van der Waals surface area contributed by atoms with Gasteiger partial charge in [-0.15, -0.1) is 6.42 Å². The van der Waals surface area contributed by atoms with Crippen LogP contribution in [0.1, 0.15) is 37.9 Å². The predicted octanol–water partition coefficient (Wildman–Crippen LogP) is 2.74. The topological polar surface area (TPSA) is 58.7 Å². The quantitative estimate of drug-likeness (QED) is 0.864. The van der Waals surface area contributed by atoms with Crippen molar-refractivity contribution in [2.75, 3.05) is 0 Å². The maximum absolute atomic E-state index is 11.9. The minimum absolute atomic E-state index is 0.304. The zero-order chi connectivity index (χ0) is 15.6. The van der Waals surface area contributed by atoms with E-state index < -0.39 is 0 Å². The number of carbonyl (C=O) groups excluding carboxylic acids is 1. The summed E-state index contributed by atoms with van der Waals surface area (Å²) in [6.45, 7) is 6.17. The molecule has 2 N–H and O–H groups in total. The van der Waals surface area contributed by atoms with Gasteiger partial charge in [0.05, 0.1) is 6.04 Å². The molecule has 2 unspecified atom stereocenters. The molecule has 2 rings (SSSR count). The fourth-order valence-electron chi connectivity index (χ4n) is 2.59. The van der Waals surface area contributed by atoms with Gasteiger partial charge in [-0.25, -0.2) is 4.79 Å². The van der Waals surface area contributed by atoms with Crippen molar-refractivity contribution >= 4 is 11.9 Å². The van der Waals surface area contributed by atoms with E-state index in [0.29, 0.717) is 11.8 Å². The molecule has 1 aliphatic heterocycles. The highest BCUT2D eigenvalue weighted by atomic mass is 16.2. The average molecular weight is 283 g/mol. The number of carbonyl (C=O) groups is 1. The van der Waals surface area contributed by atoms with E-state index in [9.17, 15) is 4.79 Å². The van der Waals surface area contributed by atoms with Gasteiger partial charge in [-0.05, 0) is 30.4 Å². The Kier molecular flexibility index (Phi) is 4.32. The molecule has 1 aromatic carbocycles. The molecule has 1 aliphatic rings. The molecule has 21 heavy (non-hydrogen) atoms. The van der Waals surface area contributed by atoms with Crippen LogP contribution in [-0.4, -0.2) is 22.8 Å². The molecule has 110 valence electrons. The van der Waals surface area contributed by atoms with Crippen molar-refractivity contribution in [3.63, 3.8) is 0 Å². The Bertz CT molecular complexity index is 595. The van der Waals surface area contributed by atoms with Crippen LogP contribution in [0.15, 0.2) is 29.3 Å². The van der Waals surface area contributed by atoms with E-state index in [1.807, 2.05) is 12.1 Å². The van der Waals surface area contributed by atoms with Gasteiger partial charge < -0.3 is 5.73 Å². The van der Waals surface area contributed by atoms with Gasteiger partial charge in [0.15, 0.2) is 0 Å². The summed E-state index contributed by atoms with van der Waals surface area (Å²) in [5.74, 6) is 3.48. The molecule has 0 radical (unpaired) electrons. The van der Waals surface area contributed by atoms with Crippen LogP contribution < -0.4 is 5.73 Å². The molecule has 4 heteroatoms. The number of terminal acetylenes is 1. The Balaban J connectivity index is 2.29. The first-order chi connectivity index (χ1) is 9.93. The smallest absolute Gasteiger partial charge is 0.347 e. The third-order valence-electron chi connectivity index (χ3n) is 3.60. The van der Waals surface area contributed by atoms with E-state index in [1.165, 1.54) is 5.56 Å². The van der Waals surface area contributed by atoms with E-state index in [0.717, 1.165) is 12.0 Å². The largest absolute Gasteiger partial charge is 0.385 e. The number of amidine groups is 1. The standard InChI is InChI=1S/C17H21N3O/c1-5-12(4)20-15(16(18)19-17(20)21)14-8-6-13(7-9-14)10-11(2)3/h1,6-9,11-12,15H,10H2,2-4H3,(H2,18,19,21). The molecule has 0 spiro atoms. The molecule has 2 atom stereocenters. The molecule has 4 nitrogen and oxygen atoms in total. The SMILES string of the molecule is C#CC(C)N1C(=O)N=C(N)C1c1ccc(CC(C)C)cc1. The summed E-state index contributed by atoms with van der Waals surface area (Å²) in [7, 11) is 0. The summed E-state index contributed by atoms with van der Waals surface area (Å²) in [5, 5.41) is 0. The number of nitrogens with two attached hydrogens (primary N) is 1. The molecular weight excluding hydrogens is 262 g/mol. The molecule has 0 saturated carbocycles. The number of amides is 2. The van der Waals surface area contributed by atoms with Gasteiger partial charge in [-0.3, -0.25) is 4.90 Å². The summed E-state index contributed by atoms with van der Waals surface area (Å²) in [6.07, 6.45) is 6.47. The molecule has 2 amide bonds. The number of hydrogen-bond donors (Lipinski definition) is 1. The first-order valence-corrected chi connectivity index (χ1v) is 7.15. The minimum Gasteiger partial charge on any atom is -0.385 e. The Morgan fingerprint density at radius 1 is 1.33 bits per heavy atom. The highest BCUT2D eigenvalue weighted by Crippen LogP contribution is 2.29. The van der Waals surface area contributed by atoms with Crippen molar-refractivity contribution in [1.29, 1.82) is 0 Å². The molecule has 0 aromatic heterocycles. The van der Waals surface area contributed by atoms with Crippen molar-refractivity contribution < 1.29 is 4.79 Å². The number of nitrogens with zero attached hydrogens (tertiary/aromatic N) is 2. The molecule has 0 bridgehead atoms. The van der Waals surface area contributed by atoms with E-state index in [-0.39, 0.29) is 18.1 Å². The van der Waals surface area contributed by atoms with Gasteiger partial charge in [0.2, 0.25) is 0 Å². The Labute approximate surface area is 126 Å². The summed E-state index contributed by atoms with van der Waals surface area (Å²) in [5.41, 5.74) is 8.13. The van der Waals surface area contributed by atoms with Crippen LogP contribution in [0.4, 0.5) is 4.79 Å². The predicted molar refractivity (Wildman–Crippen MR) is 84.9 cm³/mol. The van der Waals surface area contributed by atoms with Crippen LogP contribution in [0.25, 0.3) is 0 Å². The lowest BCUT2D eigenvalue weighted by Crippen LogP contribution is -2.38. The molecular formula is C17H21N3O. The lowest BCUT2D eigenvalue weighted by Gasteiger charge is -2.27. The van der Waals surface area contributed by atoms with E-state index in [2.05, 4.69) is 36.9 Å². The van der Waals surface area contributed by atoms with Crippen molar-refractivity contribution in [3.05, 3.63) is 35.4 Å². The van der Waals surface area contributed by atoms with Crippen molar-refractivity contribution in [2.45, 2.75) is 39.3 Å². The number of rotatable bonds is 4. The molecule has 0 aliphatic carbocycles. The second-order valence-corrected chi connectivity index (χ2v) is 5.81. The zero-order valence-electron chi connectivity index (χ0n) is 12.7. The van der Waals surface area contributed by atoms with Crippen LogP contribution in [-0.2, 0) is 6.42 Å². The fraction of sp³-hybridized carbons (Fsp3) is 0.412. The van der Waals surface area contributed by atoms with Gasteiger partial charge in [-0.1, -0.05) is 44.0 Å². The zero-order valence-corrected chi connectivity index (χ0v) is 12.7. The van der Waals surface area contributed by atoms with E-state index in [1.54, 1.807) is 11.8 Å². The number of urea groups is 1. The third kappa shape index (κ3) is 3.08. The first kappa shape index (κ1) is 15.1. The van der Waals surface area contributed by atoms with Crippen molar-refractivity contribution in [1.82, 2.24) is 4.90 Å². The Morgan fingerprint density at radius 3 is 2.48 bits per heavy atom. The van der Waals surface area contributed by atoms with Crippen molar-refractivity contribution in [3.8, 4) is 12.3 Å². The van der Waals surface area contributed by atoms with Gasteiger partial charge in [0, 0.05) is 0 Å². The molecule has 1 aromatic rings. The first-order valence-electron chi connectivity index (χ1n) is 7.15. The maximum atomic E-state index is 11.9. The average Bonchev–Trinajstić information content (AvgIpc) is 2.73. The second kappa shape index (κ2) is 6.01. The Morgan fingerprint density at radius 2 is 1.95 bits per heavy atom. The summed E-state index contributed by atoms with van der Waals surface area (Å²) >= 11 is 0. The van der Waals surface area contributed by atoms with Gasteiger partial charge in [0.25, 0.3) is 0 Å². The molecule has 0 saturated heterocycles. The van der Waals surface area contributed by atoms with Gasteiger partial charge in [-0.2, -0.15) is 4.99 Å². The van der Waals surface area contributed by atoms with E-state index in [4.69, 9.17) is 12.2 Å². The van der Waals surface area contributed by atoms with Gasteiger partial charge in [0.1, 0.15) is 11.9 Å². The third-order valence-corrected chi connectivity index (χ3v) is 3.60. The monoisotopic (exact) mass is 283 g/mol. The summed E-state index contributed by atoms with van der Waals surface area (Å²) < 4.78 is 0. The number of hydrogen-bond acceptors (Lipinski definition) is 2. The van der Waals surface area contributed by atoms with Gasteiger partial charge >= 0.3 is 6.03 Å². The fourth-order valence-corrected chi connectivity index (χ4v) is 2.59. The normalized spacial score (nSPS) is 19.6. The lowest BCUT2D eigenvalue weighted by atomic mass is 9.98. The molecule has 1 heterocycles. The summed E-state index contributed by atoms with van der Waals surface area (Å²) in [4.78, 5) is 17.3. The molecule has 0 fully saturated rings. The van der Waals surface area contributed by atoms with Crippen LogP contribution in [0.2, 0.25) is 0 Å².